The molecule has 10 heteroatoms. The minimum absolute atomic E-state index is 0.0382. The quantitative estimate of drug-likeness (QED) is 0.763. The van der Waals surface area contributed by atoms with Crippen LogP contribution in [0.25, 0.3) is 0 Å². The van der Waals surface area contributed by atoms with Gasteiger partial charge in [0.2, 0.25) is 10.0 Å². The Bertz CT molecular complexity index is 919. The van der Waals surface area contributed by atoms with E-state index in [-0.39, 0.29) is 23.7 Å². The normalized spacial score (nSPS) is 15.3. The van der Waals surface area contributed by atoms with E-state index in [1.165, 1.54) is 30.8 Å². The number of amides is 1. The van der Waals surface area contributed by atoms with Gasteiger partial charge in [-0.1, -0.05) is 0 Å². The number of hydrogen-bond acceptors (Lipinski definition) is 6. The number of carbonyl (C=O) groups excluding carboxylic acids is 1. The minimum atomic E-state index is -3.67. The first-order valence-corrected chi connectivity index (χ1v) is 9.69. The van der Waals surface area contributed by atoms with Crippen molar-refractivity contribution in [3.63, 3.8) is 0 Å². The molecule has 1 aromatic heterocycles. The number of nitrogens with zero attached hydrogens (tertiary/aromatic N) is 1. The Morgan fingerprint density at radius 3 is 2.59 bits per heavy atom. The lowest BCUT2D eigenvalue weighted by Crippen LogP contribution is -2.40. The molecule has 1 aromatic carbocycles. The molecule has 146 valence electrons. The number of aromatic amines is 1. The van der Waals surface area contributed by atoms with Gasteiger partial charge in [-0.05, 0) is 18.2 Å². The van der Waals surface area contributed by atoms with Crippen LogP contribution in [0.2, 0.25) is 0 Å². The second kappa shape index (κ2) is 7.99. The Morgan fingerprint density at radius 2 is 1.93 bits per heavy atom. The van der Waals surface area contributed by atoms with Crippen molar-refractivity contribution < 1.29 is 27.4 Å². The molecule has 1 aliphatic heterocycles. The number of nitrogens with one attached hydrogen (secondary N) is 2. The number of aromatic nitrogens is 1. The molecule has 3 rings (SSSR count). The highest BCUT2D eigenvalue weighted by Crippen LogP contribution is 2.29. The fourth-order valence-electron chi connectivity index (χ4n) is 2.68. The van der Waals surface area contributed by atoms with Gasteiger partial charge in [0.1, 0.15) is 22.1 Å². The topological polar surface area (TPSA) is 110 Å². The van der Waals surface area contributed by atoms with Gasteiger partial charge in [-0.3, -0.25) is 4.79 Å². The molecule has 0 radical (unpaired) electrons. The summed E-state index contributed by atoms with van der Waals surface area (Å²) < 4.78 is 42.2. The second-order valence-corrected chi connectivity index (χ2v) is 7.72. The van der Waals surface area contributed by atoms with Crippen LogP contribution in [-0.4, -0.2) is 64.1 Å². The lowest BCUT2D eigenvalue weighted by Gasteiger charge is -2.25. The van der Waals surface area contributed by atoms with Gasteiger partial charge in [0.05, 0.1) is 33.1 Å². The molecule has 1 aliphatic rings. The molecule has 0 bridgehead atoms. The van der Waals surface area contributed by atoms with E-state index in [1.807, 2.05) is 0 Å². The smallest absolute Gasteiger partial charge is 0.272 e. The van der Waals surface area contributed by atoms with Crippen LogP contribution in [0.1, 0.15) is 10.5 Å². The number of rotatable bonds is 6. The Kier molecular flexibility index (Phi) is 5.68. The third-order valence-corrected chi connectivity index (χ3v) is 6.04. The van der Waals surface area contributed by atoms with E-state index in [2.05, 4.69) is 10.3 Å². The van der Waals surface area contributed by atoms with Crippen LogP contribution >= 0.6 is 0 Å². The summed E-state index contributed by atoms with van der Waals surface area (Å²) in [6.07, 6.45) is 1.31. The van der Waals surface area contributed by atoms with Crippen molar-refractivity contribution in [2.24, 2.45) is 0 Å². The number of methoxy groups -OCH3 is 2. The number of morpholine rings is 1. The Hall–Kier alpha value is -2.56. The molecule has 0 atom stereocenters. The number of ether oxygens (including phenoxy) is 3. The van der Waals surface area contributed by atoms with Gasteiger partial charge in [-0.2, -0.15) is 4.31 Å². The molecule has 0 saturated carbocycles. The van der Waals surface area contributed by atoms with Crippen molar-refractivity contribution in [2.45, 2.75) is 4.90 Å². The average Bonchev–Trinajstić information content (AvgIpc) is 3.20. The number of carbonyl (C=O) groups is 1. The third-order valence-electron chi connectivity index (χ3n) is 4.17. The van der Waals surface area contributed by atoms with Crippen molar-refractivity contribution in [1.82, 2.24) is 9.29 Å². The van der Waals surface area contributed by atoms with Crippen LogP contribution in [0.5, 0.6) is 11.5 Å². The van der Waals surface area contributed by atoms with Gasteiger partial charge in [0, 0.05) is 25.4 Å². The molecule has 0 spiro atoms. The summed E-state index contributed by atoms with van der Waals surface area (Å²) in [4.78, 5) is 15.3. The molecular formula is C17H21N3O6S. The summed E-state index contributed by atoms with van der Waals surface area (Å²) >= 11 is 0. The van der Waals surface area contributed by atoms with Crippen LogP contribution in [0.15, 0.2) is 35.4 Å². The first kappa shape index (κ1) is 19.2. The number of H-pyrrole nitrogens is 1. The zero-order chi connectivity index (χ0) is 19.4. The molecule has 0 unspecified atom stereocenters. The van der Waals surface area contributed by atoms with Crippen molar-refractivity contribution in [3.05, 3.63) is 36.2 Å². The average molecular weight is 395 g/mol. The Balaban J connectivity index is 1.77. The largest absolute Gasteiger partial charge is 0.497 e. The van der Waals surface area contributed by atoms with Gasteiger partial charge < -0.3 is 24.5 Å². The van der Waals surface area contributed by atoms with E-state index >= 15 is 0 Å². The zero-order valence-corrected chi connectivity index (χ0v) is 15.8. The van der Waals surface area contributed by atoms with Crippen LogP contribution in [0.4, 0.5) is 5.69 Å². The molecule has 9 nitrogen and oxygen atoms in total. The highest BCUT2D eigenvalue weighted by Gasteiger charge is 2.28. The molecule has 27 heavy (non-hydrogen) atoms. The van der Waals surface area contributed by atoms with E-state index in [1.54, 1.807) is 18.2 Å². The summed E-state index contributed by atoms with van der Waals surface area (Å²) in [7, 11) is -0.660. The van der Waals surface area contributed by atoms with Gasteiger partial charge >= 0.3 is 0 Å². The van der Waals surface area contributed by atoms with Crippen molar-refractivity contribution >= 4 is 21.6 Å². The van der Waals surface area contributed by atoms with Gasteiger partial charge in [0.15, 0.2) is 0 Å². The summed E-state index contributed by atoms with van der Waals surface area (Å²) in [6.45, 7) is 1.29. The maximum Gasteiger partial charge on any atom is 0.272 e. The maximum atomic E-state index is 12.6. The summed E-state index contributed by atoms with van der Waals surface area (Å²) in [5.74, 6) is 0.529. The van der Waals surface area contributed by atoms with Crippen molar-refractivity contribution in [2.75, 3.05) is 45.8 Å². The molecule has 2 heterocycles. The predicted octanol–water partition coefficient (Wildman–Crippen LogP) is 1.31. The second-order valence-electron chi connectivity index (χ2n) is 5.79. The molecule has 1 saturated heterocycles. The number of sulfonamides is 1. The van der Waals surface area contributed by atoms with E-state index in [0.717, 1.165) is 0 Å². The lowest BCUT2D eigenvalue weighted by molar-refractivity contribution is 0.0730. The van der Waals surface area contributed by atoms with Crippen molar-refractivity contribution in [1.29, 1.82) is 0 Å². The third kappa shape index (κ3) is 4.07. The number of anilines is 1. The predicted molar refractivity (Wildman–Crippen MR) is 97.9 cm³/mol. The standard InChI is InChI=1S/C17H21N3O6S/c1-24-12-3-4-14(16(9-12)25-2)19-17(21)15-10-13(11-18-15)27(22,23)20-5-7-26-8-6-20/h3-4,9-11,18H,5-8H2,1-2H3,(H,19,21). The van der Waals surface area contributed by atoms with Crippen LogP contribution in [-0.2, 0) is 14.8 Å². The highest BCUT2D eigenvalue weighted by molar-refractivity contribution is 7.89. The van der Waals surface area contributed by atoms with E-state index in [9.17, 15) is 13.2 Å². The van der Waals surface area contributed by atoms with Crippen molar-refractivity contribution in [3.8, 4) is 11.5 Å². The lowest BCUT2D eigenvalue weighted by atomic mass is 10.2. The Morgan fingerprint density at radius 1 is 1.19 bits per heavy atom. The summed E-state index contributed by atoms with van der Waals surface area (Å²) in [5, 5.41) is 2.69. The maximum absolute atomic E-state index is 12.6. The molecule has 1 amide bonds. The summed E-state index contributed by atoms with van der Waals surface area (Å²) in [6, 6.07) is 6.28. The monoisotopic (exact) mass is 395 g/mol. The zero-order valence-electron chi connectivity index (χ0n) is 15.0. The van der Waals surface area contributed by atoms with Gasteiger partial charge in [-0.15, -0.1) is 0 Å². The molecular weight excluding hydrogens is 374 g/mol. The number of benzene rings is 1. The van der Waals surface area contributed by atoms with Crippen LogP contribution < -0.4 is 14.8 Å². The molecule has 0 aliphatic carbocycles. The highest BCUT2D eigenvalue weighted by atomic mass is 32.2. The van der Waals surface area contributed by atoms with Gasteiger partial charge in [-0.25, -0.2) is 8.42 Å². The van der Waals surface area contributed by atoms with E-state index < -0.39 is 15.9 Å². The van der Waals surface area contributed by atoms with Crippen LogP contribution in [0, 0.1) is 0 Å². The molecule has 1 fully saturated rings. The van der Waals surface area contributed by atoms with Crippen LogP contribution in [0.3, 0.4) is 0 Å². The Labute approximate surface area is 157 Å². The number of hydrogen-bond donors (Lipinski definition) is 2. The summed E-state index contributed by atoms with van der Waals surface area (Å²) in [5.41, 5.74) is 0.565. The minimum Gasteiger partial charge on any atom is -0.497 e. The first-order valence-electron chi connectivity index (χ1n) is 8.25. The molecule has 2 aromatic rings. The van der Waals surface area contributed by atoms with E-state index in [0.29, 0.717) is 30.4 Å². The van der Waals surface area contributed by atoms with E-state index in [4.69, 9.17) is 14.2 Å². The fraction of sp³-hybridized carbons (Fsp3) is 0.353. The first-order chi connectivity index (χ1) is 13.0. The molecule has 2 N–H and O–H groups in total. The fourth-order valence-corrected chi connectivity index (χ4v) is 4.08. The SMILES string of the molecule is COc1ccc(NC(=O)c2cc(S(=O)(=O)N3CCOCC3)c[nH]2)c(OC)c1. The van der Waals surface area contributed by atoms with Gasteiger partial charge in [0.25, 0.3) is 5.91 Å².